The molecular weight excluding hydrogens is 142 g/mol. The van der Waals surface area contributed by atoms with Crippen molar-refractivity contribution in [3.05, 3.63) is 0 Å². The van der Waals surface area contributed by atoms with Crippen LogP contribution >= 0.6 is 12.2 Å². The van der Waals surface area contributed by atoms with Gasteiger partial charge in [-0.15, -0.1) is 0 Å². The van der Waals surface area contributed by atoms with Gasteiger partial charge in [-0.2, -0.15) is 0 Å². The Labute approximate surface area is 68.2 Å². The van der Waals surface area contributed by atoms with Crippen molar-refractivity contribution < 1.29 is 0 Å². The molecule has 2 heteroatoms. The van der Waals surface area contributed by atoms with Crippen LogP contribution in [0.2, 0.25) is 0 Å². The first-order chi connectivity index (χ1) is 4.93. The summed E-state index contributed by atoms with van der Waals surface area (Å²) in [5.41, 5.74) is 1.66. The van der Waals surface area contributed by atoms with E-state index >= 15 is 0 Å². The molecule has 0 aromatic rings. The molecule has 1 N–H and O–H groups in total. The Kier molecular flexibility index (Phi) is 3.73. The van der Waals surface area contributed by atoms with Gasteiger partial charge in [0, 0.05) is 6.04 Å². The lowest BCUT2D eigenvalue weighted by molar-refractivity contribution is 0.540. The normalized spacial score (nSPS) is 21.6. The third-order valence-corrected chi connectivity index (χ3v) is 2.29. The average Bonchev–Trinajstić information content (AvgIpc) is 2.17. The van der Waals surface area contributed by atoms with Crippen LogP contribution in [0.25, 0.3) is 0 Å². The second-order valence-electron chi connectivity index (χ2n) is 2.97. The zero-order valence-electron chi connectivity index (χ0n) is 6.31. The summed E-state index contributed by atoms with van der Waals surface area (Å²) in [5, 5.41) is 3.21. The molecule has 0 atom stereocenters. The summed E-state index contributed by atoms with van der Waals surface area (Å²) in [7, 11) is 0. The van der Waals surface area contributed by atoms with Crippen molar-refractivity contribution in [2.45, 2.75) is 44.6 Å². The minimum absolute atomic E-state index is 0.681. The van der Waals surface area contributed by atoms with Crippen molar-refractivity contribution >= 4 is 17.7 Å². The smallest absolute Gasteiger partial charge is 0.0617 e. The lowest BCUT2D eigenvalue weighted by atomic mass is 10.1. The van der Waals surface area contributed by atoms with Gasteiger partial charge in [0.1, 0.15) is 0 Å². The average molecular weight is 157 g/mol. The molecule has 1 saturated carbocycles. The number of hydrogen-bond donors (Lipinski definition) is 1. The summed E-state index contributed by atoms with van der Waals surface area (Å²) in [5.74, 6) is 0. The molecule has 0 aromatic heterocycles. The van der Waals surface area contributed by atoms with Gasteiger partial charge in [0.25, 0.3) is 0 Å². The van der Waals surface area contributed by atoms with Crippen LogP contribution in [0.1, 0.15) is 38.5 Å². The molecule has 1 rings (SSSR count). The van der Waals surface area contributed by atoms with Crippen LogP contribution in [0.15, 0.2) is 0 Å². The Bertz CT molecular complexity index is 95.4. The molecule has 0 radical (unpaired) electrons. The zero-order chi connectivity index (χ0) is 7.23. The van der Waals surface area contributed by atoms with Gasteiger partial charge in [0.15, 0.2) is 0 Å². The molecule has 1 fully saturated rings. The second-order valence-corrected chi connectivity index (χ2v) is 3.21. The van der Waals surface area contributed by atoms with Gasteiger partial charge in [-0.1, -0.05) is 37.9 Å². The van der Waals surface area contributed by atoms with E-state index in [1.807, 2.05) is 0 Å². The molecule has 0 aromatic carbocycles. The number of thiocarbonyl (C=S) groups is 1. The first kappa shape index (κ1) is 7.99. The van der Waals surface area contributed by atoms with Gasteiger partial charge in [-0.25, -0.2) is 0 Å². The molecule has 1 aliphatic carbocycles. The van der Waals surface area contributed by atoms with E-state index in [0.29, 0.717) is 6.04 Å². The maximum Gasteiger partial charge on any atom is 0.0617 e. The number of nitrogens with one attached hydrogen (secondary N) is 1. The van der Waals surface area contributed by atoms with E-state index in [1.54, 1.807) is 5.49 Å². The SMILES string of the molecule is S=CNC1CCCCCC1. The fraction of sp³-hybridized carbons (Fsp3) is 0.875. The molecule has 0 aliphatic heterocycles. The van der Waals surface area contributed by atoms with Crippen LogP contribution in [0.5, 0.6) is 0 Å². The third-order valence-electron chi connectivity index (χ3n) is 2.16. The van der Waals surface area contributed by atoms with E-state index in [2.05, 4.69) is 5.32 Å². The fourth-order valence-electron chi connectivity index (χ4n) is 1.54. The summed E-state index contributed by atoms with van der Waals surface area (Å²) in [6.07, 6.45) is 8.20. The van der Waals surface area contributed by atoms with Crippen molar-refractivity contribution in [3.63, 3.8) is 0 Å². The predicted molar refractivity (Wildman–Crippen MR) is 48.3 cm³/mol. The van der Waals surface area contributed by atoms with E-state index in [-0.39, 0.29) is 0 Å². The van der Waals surface area contributed by atoms with E-state index in [9.17, 15) is 0 Å². The van der Waals surface area contributed by atoms with Crippen LogP contribution in [0, 0.1) is 0 Å². The maximum atomic E-state index is 4.74. The Morgan fingerprint density at radius 2 is 1.70 bits per heavy atom. The molecule has 0 bridgehead atoms. The lowest BCUT2D eigenvalue weighted by Gasteiger charge is -2.12. The molecular formula is C8H15NS. The van der Waals surface area contributed by atoms with Gasteiger partial charge in [-0.3, -0.25) is 0 Å². The Hall–Kier alpha value is -0.110. The minimum atomic E-state index is 0.681. The quantitative estimate of drug-likeness (QED) is 0.487. The Morgan fingerprint density at radius 3 is 2.20 bits per heavy atom. The van der Waals surface area contributed by atoms with Crippen molar-refractivity contribution in [3.8, 4) is 0 Å². The minimum Gasteiger partial charge on any atom is -0.379 e. The number of rotatable bonds is 2. The van der Waals surface area contributed by atoms with Gasteiger partial charge in [-0.05, 0) is 12.8 Å². The van der Waals surface area contributed by atoms with Gasteiger partial charge < -0.3 is 5.32 Å². The second kappa shape index (κ2) is 4.67. The van der Waals surface area contributed by atoms with Crippen LogP contribution in [-0.2, 0) is 0 Å². The largest absolute Gasteiger partial charge is 0.379 e. The van der Waals surface area contributed by atoms with E-state index in [1.165, 1.54) is 38.5 Å². The van der Waals surface area contributed by atoms with Gasteiger partial charge >= 0.3 is 0 Å². The molecule has 10 heavy (non-hydrogen) atoms. The highest BCUT2D eigenvalue weighted by molar-refractivity contribution is 7.78. The monoisotopic (exact) mass is 157 g/mol. The highest BCUT2D eigenvalue weighted by atomic mass is 32.1. The summed E-state index contributed by atoms with van der Waals surface area (Å²) in [6, 6.07) is 0.681. The molecule has 0 saturated heterocycles. The first-order valence-corrected chi connectivity index (χ1v) is 4.60. The van der Waals surface area contributed by atoms with Crippen LogP contribution in [0.4, 0.5) is 0 Å². The highest BCUT2D eigenvalue weighted by Crippen LogP contribution is 2.16. The summed E-state index contributed by atoms with van der Waals surface area (Å²) >= 11 is 4.74. The lowest BCUT2D eigenvalue weighted by Crippen LogP contribution is -2.25. The van der Waals surface area contributed by atoms with Gasteiger partial charge in [0.2, 0.25) is 0 Å². The van der Waals surface area contributed by atoms with E-state index in [4.69, 9.17) is 12.2 Å². The highest BCUT2D eigenvalue weighted by Gasteiger charge is 2.08. The number of hydrogen-bond acceptors (Lipinski definition) is 1. The molecule has 0 unspecified atom stereocenters. The van der Waals surface area contributed by atoms with Gasteiger partial charge in [0.05, 0.1) is 5.49 Å². The molecule has 0 amide bonds. The molecule has 1 nitrogen and oxygen atoms in total. The Balaban J connectivity index is 2.21. The van der Waals surface area contributed by atoms with Crippen molar-refractivity contribution in [2.24, 2.45) is 0 Å². The molecule has 0 heterocycles. The summed E-state index contributed by atoms with van der Waals surface area (Å²) in [6.45, 7) is 0. The zero-order valence-corrected chi connectivity index (χ0v) is 7.12. The topological polar surface area (TPSA) is 12.0 Å². The van der Waals surface area contributed by atoms with Crippen molar-refractivity contribution in [1.29, 1.82) is 0 Å². The van der Waals surface area contributed by atoms with Crippen LogP contribution < -0.4 is 5.32 Å². The maximum absolute atomic E-state index is 4.74. The summed E-state index contributed by atoms with van der Waals surface area (Å²) < 4.78 is 0. The third kappa shape index (κ3) is 2.65. The fourth-order valence-corrected chi connectivity index (χ4v) is 1.73. The van der Waals surface area contributed by atoms with Crippen LogP contribution in [0.3, 0.4) is 0 Å². The predicted octanol–water partition coefficient (Wildman–Crippen LogP) is 2.26. The molecule has 1 aliphatic rings. The van der Waals surface area contributed by atoms with Crippen molar-refractivity contribution in [2.75, 3.05) is 0 Å². The standard InChI is InChI=1S/C8H15NS/c10-7-9-8-5-3-1-2-4-6-8/h7-8H,1-6H2,(H,9,10). The van der Waals surface area contributed by atoms with Crippen molar-refractivity contribution in [1.82, 2.24) is 5.32 Å². The molecule has 0 spiro atoms. The molecule has 58 valence electrons. The van der Waals surface area contributed by atoms with Crippen LogP contribution in [-0.4, -0.2) is 11.5 Å². The van der Waals surface area contributed by atoms with E-state index in [0.717, 1.165) is 0 Å². The summed E-state index contributed by atoms with van der Waals surface area (Å²) in [4.78, 5) is 0. The Morgan fingerprint density at radius 1 is 1.10 bits per heavy atom. The first-order valence-electron chi connectivity index (χ1n) is 4.13. The van der Waals surface area contributed by atoms with E-state index < -0.39 is 0 Å².